The molecule has 26 heavy (non-hydrogen) atoms. The molecule has 1 amide bonds. The quantitative estimate of drug-likeness (QED) is 0.690. The molecule has 0 radical (unpaired) electrons. The summed E-state index contributed by atoms with van der Waals surface area (Å²) in [5.74, 6) is 1.29. The topological polar surface area (TPSA) is 127 Å². The van der Waals surface area contributed by atoms with Crippen molar-refractivity contribution in [1.82, 2.24) is 24.6 Å². The molecule has 0 atom stereocenters. The van der Waals surface area contributed by atoms with Crippen LogP contribution in [0.15, 0.2) is 49.2 Å². The van der Waals surface area contributed by atoms with Gasteiger partial charge in [-0.3, -0.25) is 14.6 Å². The predicted molar refractivity (Wildman–Crippen MR) is 87.3 cm³/mol. The van der Waals surface area contributed by atoms with Crippen molar-refractivity contribution >= 4 is 5.91 Å². The zero-order valence-electron chi connectivity index (χ0n) is 13.6. The Bertz CT molecular complexity index is 1030. The molecule has 3 aromatic heterocycles. The molecule has 10 nitrogen and oxygen atoms in total. The summed E-state index contributed by atoms with van der Waals surface area (Å²) in [5.41, 5.74) is -0.986. The molecule has 0 spiro atoms. The second kappa shape index (κ2) is 6.47. The number of amides is 1. The van der Waals surface area contributed by atoms with Crippen molar-refractivity contribution in [3.8, 4) is 11.6 Å². The van der Waals surface area contributed by atoms with Gasteiger partial charge in [-0.15, -0.1) is 0 Å². The second-order valence-corrected chi connectivity index (χ2v) is 5.98. The largest absolute Gasteiger partial charge is 0.461 e. The number of aromatic amines is 1. The van der Waals surface area contributed by atoms with Crippen LogP contribution in [0.4, 0.5) is 0 Å². The molecule has 1 N–H and O–H groups in total. The van der Waals surface area contributed by atoms with Gasteiger partial charge in [-0.05, 0) is 12.1 Å². The fourth-order valence-electron chi connectivity index (χ4n) is 2.74. The van der Waals surface area contributed by atoms with E-state index in [0.717, 1.165) is 0 Å². The van der Waals surface area contributed by atoms with E-state index in [1.54, 1.807) is 17.0 Å². The summed E-state index contributed by atoms with van der Waals surface area (Å²) in [7, 11) is 0. The smallest absolute Gasteiger partial charge is 0.328 e. The lowest BCUT2D eigenvalue weighted by atomic mass is 9.99. The highest BCUT2D eigenvalue weighted by Gasteiger charge is 2.35. The van der Waals surface area contributed by atoms with Crippen LogP contribution in [-0.4, -0.2) is 43.6 Å². The zero-order valence-corrected chi connectivity index (χ0v) is 13.6. The van der Waals surface area contributed by atoms with Crippen molar-refractivity contribution in [3.63, 3.8) is 0 Å². The van der Waals surface area contributed by atoms with E-state index < -0.39 is 11.2 Å². The lowest BCUT2D eigenvalue weighted by Crippen LogP contribution is -2.49. The number of furan rings is 1. The molecule has 1 aliphatic rings. The summed E-state index contributed by atoms with van der Waals surface area (Å²) in [6, 6.07) is 4.73. The maximum absolute atomic E-state index is 12.2. The highest BCUT2D eigenvalue weighted by atomic mass is 16.5. The third-order valence-electron chi connectivity index (χ3n) is 4.23. The average Bonchev–Trinajstić information content (AvgIpc) is 3.24. The van der Waals surface area contributed by atoms with Crippen LogP contribution in [0.5, 0.6) is 0 Å². The van der Waals surface area contributed by atoms with Crippen LogP contribution in [0.1, 0.15) is 18.2 Å². The van der Waals surface area contributed by atoms with E-state index >= 15 is 0 Å². The van der Waals surface area contributed by atoms with E-state index in [1.807, 2.05) is 0 Å². The number of likely N-dealkylation sites (tertiary alicyclic amines) is 1. The Morgan fingerprint density at radius 2 is 2.15 bits per heavy atom. The molecule has 1 saturated heterocycles. The molecule has 0 aliphatic carbocycles. The van der Waals surface area contributed by atoms with E-state index in [9.17, 15) is 14.4 Å². The Morgan fingerprint density at radius 1 is 1.31 bits per heavy atom. The van der Waals surface area contributed by atoms with E-state index in [-0.39, 0.29) is 24.8 Å². The molecule has 1 aliphatic heterocycles. The Kier molecular flexibility index (Phi) is 3.99. The first-order chi connectivity index (χ1) is 12.6. The van der Waals surface area contributed by atoms with E-state index in [0.29, 0.717) is 30.6 Å². The Morgan fingerprint density at radius 3 is 2.88 bits per heavy atom. The monoisotopic (exact) mass is 357 g/mol. The summed E-state index contributed by atoms with van der Waals surface area (Å²) in [6.45, 7) is 1.18. The van der Waals surface area contributed by atoms with Crippen LogP contribution in [0.25, 0.3) is 11.6 Å². The van der Waals surface area contributed by atoms with Crippen molar-refractivity contribution in [1.29, 1.82) is 0 Å². The Labute approximate surface area is 146 Å². The first-order valence-corrected chi connectivity index (χ1v) is 8.05. The fourth-order valence-corrected chi connectivity index (χ4v) is 2.74. The lowest BCUT2D eigenvalue weighted by Gasteiger charge is -2.37. The molecule has 3 aromatic rings. The number of hydrogen-bond acceptors (Lipinski definition) is 7. The summed E-state index contributed by atoms with van der Waals surface area (Å²) in [4.78, 5) is 42.9. The third kappa shape index (κ3) is 3.08. The molecular formula is C16H15N5O5. The van der Waals surface area contributed by atoms with Gasteiger partial charge in [0.2, 0.25) is 17.6 Å². The average molecular weight is 357 g/mol. The molecule has 0 saturated carbocycles. The van der Waals surface area contributed by atoms with Crippen molar-refractivity contribution < 1.29 is 13.7 Å². The van der Waals surface area contributed by atoms with Crippen molar-refractivity contribution in [2.75, 3.05) is 13.1 Å². The van der Waals surface area contributed by atoms with Crippen LogP contribution < -0.4 is 11.2 Å². The van der Waals surface area contributed by atoms with Crippen LogP contribution >= 0.6 is 0 Å². The summed E-state index contributed by atoms with van der Waals surface area (Å²) >= 11 is 0. The van der Waals surface area contributed by atoms with Gasteiger partial charge in [0.1, 0.15) is 0 Å². The van der Waals surface area contributed by atoms with Gasteiger partial charge in [-0.2, -0.15) is 4.98 Å². The van der Waals surface area contributed by atoms with Crippen molar-refractivity contribution in [3.05, 3.63) is 57.4 Å². The summed E-state index contributed by atoms with van der Waals surface area (Å²) < 4.78 is 11.7. The molecule has 134 valence electrons. The van der Waals surface area contributed by atoms with Gasteiger partial charge in [-0.1, -0.05) is 5.16 Å². The number of nitrogens with zero attached hydrogens (tertiary/aromatic N) is 4. The number of carbonyl (C=O) groups excluding carboxylic acids is 1. The zero-order chi connectivity index (χ0) is 18.1. The minimum Gasteiger partial charge on any atom is -0.461 e. The molecule has 4 heterocycles. The number of aromatic nitrogens is 4. The van der Waals surface area contributed by atoms with Gasteiger partial charge in [0.25, 0.3) is 5.56 Å². The van der Waals surface area contributed by atoms with Gasteiger partial charge >= 0.3 is 5.69 Å². The lowest BCUT2D eigenvalue weighted by molar-refractivity contribution is -0.136. The first kappa shape index (κ1) is 16.1. The third-order valence-corrected chi connectivity index (χ3v) is 4.23. The molecule has 1 fully saturated rings. The van der Waals surface area contributed by atoms with Crippen LogP contribution in [0, 0.1) is 0 Å². The Hall–Kier alpha value is -3.43. The normalized spacial score (nSPS) is 14.4. The SMILES string of the molecule is O=C(CCn1ccc(=O)[nH]c1=O)N1CC(c2nc(-c3ccco3)no2)C1. The molecule has 4 rings (SSSR count). The van der Waals surface area contributed by atoms with Gasteiger partial charge in [0, 0.05) is 38.3 Å². The number of carbonyl (C=O) groups is 1. The summed E-state index contributed by atoms with van der Waals surface area (Å²) in [6.07, 6.45) is 3.07. The van der Waals surface area contributed by atoms with E-state index in [4.69, 9.17) is 8.94 Å². The van der Waals surface area contributed by atoms with Crippen LogP contribution in [0.3, 0.4) is 0 Å². The minimum absolute atomic E-state index is 0.00837. The predicted octanol–water partition coefficient (Wildman–Crippen LogP) is 0.196. The van der Waals surface area contributed by atoms with E-state index in [1.165, 1.54) is 23.1 Å². The number of aryl methyl sites for hydroxylation is 1. The van der Waals surface area contributed by atoms with Gasteiger partial charge in [-0.25, -0.2) is 4.79 Å². The number of rotatable bonds is 5. The highest BCUT2D eigenvalue weighted by molar-refractivity contribution is 5.77. The highest BCUT2D eigenvalue weighted by Crippen LogP contribution is 2.28. The second-order valence-electron chi connectivity index (χ2n) is 5.98. The van der Waals surface area contributed by atoms with Crippen LogP contribution in [-0.2, 0) is 11.3 Å². The van der Waals surface area contributed by atoms with Gasteiger partial charge in [0.15, 0.2) is 5.76 Å². The maximum atomic E-state index is 12.2. The maximum Gasteiger partial charge on any atom is 0.328 e. The van der Waals surface area contributed by atoms with E-state index in [2.05, 4.69) is 15.1 Å². The van der Waals surface area contributed by atoms with Crippen molar-refractivity contribution in [2.24, 2.45) is 0 Å². The minimum atomic E-state index is -0.525. The Balaban J connectivity index is 1.31. The van der Waals surface area contributed by atoms with Crippen molar-refractivity contribution in [2.45, 2.75) is 18.9 Å². The molecule has 10 heteroatoms. The summed E-state index contributed by atoms with van der Waals surface area (Å²) in [5, 5.41) is 3.87. The number of hydrogen-bond donors (Lipinski definition) is 1. The molecule has 0 bridgehead atoms. The number of H-pyrrole nitrogens is 1. The fraction of sp³-hybridized carbons (Fsp3) is 0.312. The van der Waals surface area contributed by atoms with Gasteiger partial charge < -0.3 is 18.4 Å². The molecule has 0 aromatic carbocycles. The first-order valence-electron chi connectivity index (χ1n) is 8.05. The number of nitrogens with one attached hydrogen (secondary N) is 1. The molecule has 0 unspecified atom stereocenters. The van der Waals surface area contributed by atoms with Crippen LogP contribution in [0.2, 0.25) is 0 Å². The molecular weight excluding hydrogens is 342 g/mol. The standard InChI is InChI=1S/C16H15N5O5/c22-12-3-5-20(16(24)17-12)6-4-13(23)21-8-10(9-21)15-18-14(19-26-15)11-2-1-7-25-11/h1-3,5,7,10H,4,6,8-9H2,(H,17,22,24). The van der Waals surface area contributed by atoms with Gasteiger partial charge in [0.05, 0.1) is 12.2 Å².